The molecule has 2 atom stereocenters. The second-order valence-electron chi connectivity index (χ2n) is 3.74. The number of methoxy groups -OCH3 is 1. The molecule has 100 valence electrons. The number of rotatable bonds is 6. The SMILES string of the molecule is CNCCC(O)C(O)c1cnc(C(=O)OC)nc1. The summed E-state index contributed by atoms with van der Waals surface area (Å²) in [6.07, 6.45) is 1.00. The molecule has 1 rings (SSSR count). The number of nitrogens with one attached hydrogen (secondary N) is 1. The van der Waals surface area contributed by atoms with E-state index in [1.165, 1.54) is 19.5 Å². The maximum atomic E-state index is 11.1. The Balaban J connectivity index is 2.69. The summed E-state index contributed by atoms with van der Waals surface area (Å²) in [5, 5.41) is 22.4. The van der Waals surface area contributed by atoms with Crippen molar-refractivity contribution in [2.75, 3.05) is 20.7 Å². The minimum absolute atomic E-state index is 0.0850. The highest BCUT2D eigenvalue weighted by atomic mass is 16.5. The van der Waals surface area contributed by atoms with Crippen molar-refractivity contribution >= 4 is 5.97 Å². The molecule has 1 aromatic rings. The van der Waals surface area contributed by atoms with Crippen LogP contribution in [0.4, 0.5) is 0 Å². The molecule has 0 radical (unpaired) electrons. The first-order valence-corrected chi connectivity index (χ1v) is 5.51. The predicted molar refractivity (Wildman–Crippen MR) is 62.9 cm³/mol. The van der Waals surface area contributed by atoms with Gasteiger partial charge in [-0.1, -0.05) is 0 Å². The normalized spacial score (nSPS) is 14.0. The van der Waals surface area contributed by atoms with Crippen molar-refractivity contribution in [3.63, 3.8) is 0 Å². The van der Waals surface area contributed by atoms with Gasteiger partial charge in [-0.25, -0.2) is 14.8 Å². The van der Waals surface area contributed by atoms with Crippen LogP contribution in [0.3, 0.4) is 0 Å². The topological polar surface area (TPSA) is 105 Å². The molecule has 1 heterocycles. The standard InChI is InChI=1S/C11H17N3O4/c1-12-4-3-8(15)9(16)7-5-13-10(14-6-7)11(17)18-2/h5-6,8-9,12,15-16H,3-4H2,1-2H3. The lowest BCUT2D eigenvalue weighted by Gasteiger charge is -2.17. The summed E-state index contributed by atoms with van der Waals surface area (Å²) in [5.74, 6) is -0.732. The summed E-state index contributed by atoms with van der Waals surface area (Å²) in [7, 11) is 2.99. The van der Waals surface area contributed by atoms with Gasteiger partial charge in [-0.05, 0) is 20.0 Å². The van der Waals surface area contributed by atoms with E-state index in [0.717, 1.165) is 0 Å². The van der Waals surface area contributed by atoms with Crippen molar-refractivity contribution in [3.05, 3.63) is 23.8 Å². The summed E-state index contributed by atoms with van der Waals surface area (Å²) >= 11 is 0. The van der Waals surface area contributed by atoms with E-state index in [9.17, 15) is 15.0 Å². The molecule has 0 saturated carbocycles. The van der Waals surface area contributed by atoms with Gasteiger partial charge in [0, 0.05) is 18.0 Å². The maximum absolute atomic E-state index is 11.1. The number of carbonyl (C=O) groups is 1. The van der Waals surface area contributed by atoms with Crippen molar-refractivity contribution in [2.24, 2.45) is 0 Å². The number of aliphatic hydroxyl groups excluding tert-OH is 2. The number of ether oxygens (including phenoxy) is 1. The number of nitrogens with zero attached hydrogens (tertiary/aromatic N) is 2. The van der Waals surface area contributed by atoms with Crippen LogP contribution >= 0.6 is 0 Å². The molecule has 1 aromatic heterocycles. The summed E-state index contributed by atoms with van der Waals surface area (Å²) in [6, 6.07) is 0. The minimum Gasteiger partial charge on any atom is -0.463 e. The van der Waals surface area contributed by atoms with Gasteiger partial charge in [0.15, 0.2) is 0 Å². The molecule has 7 heteroatoms. The fraction of sp³-hybridized carbons (Fsp3) is 0.545. The zero-order valence-electron chi connectivity index (χ0n) is 10.3. The number of aliphatic hydroxyl groups is 2. The summed E-state index contributed by atoms with van der Waals surface area (Å²) in [4.78, 5) is 18.6. The molecular formula is C11H17N3O4. The number of hydrogen-bond acceptors (Lipinski definition) is 7. The zero-order valence-corrected chi connectivity index (χ0v) is 10.3. The monoisotopic (exact) mass is 255 g/mol. The highest BCUT2D eigenvalue weighted by Gasteiger charge is 2.19. The Morgan fingerprint density at radius 2 is 2.06 bits per heavy atom. The lowest BCUT2D eigenvalue weighted by Crippen LogP contribution is -2.23. The van der Waals surface area contributed by atoms with Crippen molar-refractivity contribution in [1.29, 1.82) is 0 Å². The first-order valence-electron chi connectivity index (χ1n) is 5.51. The average molecular weight is 255 g/mol. The summed E-state index contributed by atoms with van der Waals surface area (Å²) in [6.45, 7) is 0.583. The number of esters is 1. The van der Waals surface area contributed by atoms with E-state index in [1.54, 1.807) is 7.05 Å². The van der Waals surface area contributed by atoms with Gasteiger partial charge < -0.3 is 20.3 Å². The molecule has 0 bridgehead atoms. The molecular weight excluding hydrogens is 238 g/mol. The summed E-state index contributed by atoms with van der Waals surface area (Å²) < 4.78 is 4.45. The lowest BCUT2D eigenvalue weighted by atomic mass is 10.1. The van der Waals surface area contributed by atoms with E-state index in [1.807, 2.05) is 0 Å². The third-order valence-corrected chi connectivity index (χ3v) is 2.44. The van der Waals surface area contributed by atoms with E-state index in [4.69, 9.17) is 0 Å². The minimum atomic E-state index is -1.08. The van der Waals surface area contributed by atoms with Crippen molar-refractivity contribution in [3.8, 4) is 0 Å². The van der Waals surface area contributed by atoms with Crippen molar-refractivity contribution in [1.82, 2.24) is 15.3 Å². The van der Waals surface area contributed by atoms with Gasteiger partial charge >= 0.3 is 5.97 Å². The highest BCUT2D eigenvalue weighted by Crippen LogP contribution is 2.17. The second-order valence-corrected chi connectivity index (χ2v) is 3.74. The molecule has 0 aliphatic rings. The summed E-state index contributed by atoms with van der Waals surface area (Å²) in [5.41, 5.74) is 0.353. The molecule has 0 aromatic carbocycles. The van der Waals surface area contributed by atoms with Crippen LogP contribution in [-0.4, -0.2) is 53.0 Å². The first kappa shape index (κ1) is 14.5. The van der Waals surface area contributed by atoms with Crippen LogP contribution in [0.5, 0.6) is 0 Å². The average Bonchev–Trinajstić information content (AvgIpc) is 2.43. The molecule has 0 aliphatic heterocycles. The lowest BCUT2D eigenvalue weighted by molar-refractivity contribution is 0.0135. The Morgan fingerprint density at radius 3 is 2.56 bits per heavy atom. The fourth-order valence-corrected chi connectivity index (χ4v) is 1.36. The predicted octanol–water partition coefficient (Wildman–Crippen LogP) is -0.733. The number of hydrogen-bond donors (Lipinski definition) is 3. The van der Waals surface area contributed by atoms with Gasteiger partial charge in [-0.2, -0.15) is 0 Å². The van der Waals surface area contributed by atoms with Gasteiger partial charge in [0.1, 0.15) is 6.10 Å². The van der Waals surface area contributed by atoms with Gasteiger partial charge in [-0.15, -0.1) is 0 Å². The molecule has 0 aliphatic carbocycles. The van der Waals surface area contributed by atoms with Crippen LogP contribution in [0.15, 0.2) is 12.4 Å². The Labute approximate surface area is 105 Å². The molecule has 0 spiro atoms. The smallest absolute Gasteiger partial charge is 0.376 e. The second kappa shape index (κ2) is 7.00. The molecule has 0 amide bonds. The van der Waals surface area contributed by atoms with E-state index >= 15 is 0 Å². The van der Waals surface area contributed by atoms with Crippen molar-refractivity contribution < 1.29 is 19.7 Å². The van der Waals surface area contributed by atoms with Gasteiger partial charge in [0.25, 0.3) is 0 Å². The van der Waals surface area contributed by atoms with E-state index in [0.29, 0.717) is 18.5 Å². The Morgan fingerprint density at radius 1 is 1.44 bits per heavy atom. The Hall–Kier alpha value is -1.57. The third-order valence-electron chi connectivity index (χ3n) is 2.44. The van der Waals surface area contributed by atoms with Crippen LogP contribution in [0.1, 0.15) is 28.7 Å². The van der Waals surface area contributed by atoms with E-state index < -0.39 is 18.2 Å². The Bertz CT molecular complexity index is 382. The largest absolute Gasteiger partial charge is 0.463 e. The van der Waals surface area contributed by atoms with Crippen molar-refractivity contribution in [2.45, 2.75) is 18.6 Å². The number of aromatic nitrogens is 2. The molecule has 3 N–H and O–H groups in total. The molecule has 0 fully saturated rings. The zero-order chi connectivity index (χ0) is 13.5. The molecule has 0 saturated heterocycles. The first-order chi connectivity index (χ1) is 8.60. The molecule has 18 heavy (non-hydrogen) atoms. The quantitative estimate of drug-likeness (QED) is 0.575. The third kappa shape index (κ3) is 3.73. The van der Waals surface area contributed by atoms with Crippen LogP contribution in [0.25, 0.3) is 0 Å². The maximum Gasteiger partial charge on any atom is 0.376 e. The fourth-order valence-electron chi connectivity index (χ4n) is 1.36. The van der Waals surface area contributed by atoms with Crippen LogP contribution in [-0.2, 0) is 4.74 Å². The van der Waals surface area contributed by atoms with Gasteiger partial charge in [0.05, 0.1) is 13.2 Å². The van der Waals surface area contributed by atoms with Crippen LogP contribution in [0, 0.1) is 0 Å². The van der Waals surface area contributed by atoms with Gasteiger partial charge in [-0.3, -0.25) is 0 Å². The van der Waals surface area contributed by atoms with E-state index in [-0.39, 0.29) is 5.82 Å². The van der Waals surface area contributed by atoms with Gasteiger partial charge in [0.2, 0.25) is 5.82 Å². The van der Waals surface area contributed by atoms with E-state index in [2.05, 4.69) is 20.0 Å². The highest BCUT2D eigenvalue weighted by molar-refractivity contribution is 5.84. The Kier molecular flexibility index (Phi) is 5.63. The molecule has 7 nitrogen and oxygen atoms in total. The number of carbonyl (C=O) groups excluding carboxylic acids is 1. The van der Waals surface area contributed by atoms with Crippen LogP contribution in [0.2, 0.25) is 0 Å². The van der Waals surface area contributed by atoms with Crippen LogP contribution < -0.4 is 5.32 Å². The molecule has 2 unspecified atom stereocenters.